The molecule has 0 bridgehead atoms. The van der Waals surface area contributed by atoms with E-state index in [0.717, 1.165) is 41.3 Å². The van der Waals surface area contributed by atoms with Crippen molar-refractivity contribution in [2.24, 2.45) is 0 Å². The Morgan fingerprint density at radius 3 is 2.33 bits per heavy atom. The SMILES string of the molecule is C=CN(C)/C=C(\C=C(/C)Nc1ccc(C)c(NC(=C)CC)c1)c1cccc(N(C)Cc2ccc(C)cc2)c1C. The van der Waals surface area contributed by atoms with Gasteiger partial charge in [0.1, 0.15) is 0 Å². The molecule has 3 aromatic carbocycles. The van der Waals surface area contributed by atoms with Crippen molar-refractivity contribution in [2.75, 3.05) is 29.6 Å². The van der Waals surface area contributed by atoms with E-state index in [1.165, 1.54) is 33.5 Å². The third-order valence-corrected chi connectivity index (χ3v) is 6.89. The molecule has 0 fully saturated rings. The molecule has 0 unspecified atom stereocenters. The van der Waals surface area contributed by atoms with Gasteiger partial charge in [0, 0.05) is 55.3 Å². The summed E-state index contributed by atoms with van der Waals surface area (Å²) in [5.41, 5.74) is 12.6. The molecule has 204 valence electrons. The van der Waals surface area contributed by atoms with Crippen molar-refractivity contribution in [1.29, 1.82) is 0 Å². The summed E-state index contributed by atoms with van der Waals surface area (Å²) < 4.78 is 0. The van der Waals surface area contributed by atoms with Crippen LogP contribution in [0.3, 0.4) is 0 Å². The van der Waals surface area contributed by atoms with Crippen LogP contribution >= 0.6 is 0 Å². The van der Waals surface area contributed by atoms with Crippen LogP contribution in [0.1, 0.15) is 48.1 Å². The maximum absolute atomic E-state index is 4.10. The zero-order valence-corrected chi connectivity index (χ0v) is 24.7. The first-order valence-corrected chi connectivity index (χ1v) is 13.5. The maximum Gasteiger partial charge on any atom is 0.0432 e. The Bertz CT molecular complexity index is 1360. The molecule has 0 heterocycles. The van der Waals surface area contributed by atoms with Gasteiger partial charge in [-0.3, -0.25) is 0 Å². The lowest BCUT2D eigenvalue weighted by Crippen LogP contribution is -2.18. The monoisotopic (exact) mass is 520 g/mol. The van der Waals surface area contributed by atoms with E-state index >= 15 is 0 Å². The number of hydrogen-bond acceptors (Lipinski definition) is 4. The number of hydrogen-bond donors (Lipinski definition) is 2. The molecular weight excluding hydrogens is 476 g/mol. The molecule has 39 heavy (non-hydrogen) atoms. The lowest BCUT2D eigenvalue weighted by molar-refractivity contribution is 0.630. The standard InChI is InChI=1S/C35H44N4/c1-10-27(5)37-34-22-32(20-17-26(34)4)36-28(6)21-31(24-38(8)11-2)33-13-12-14-35(29(33)7)39(9)23-30-18-15-25(3)16-19-30/h11-22,24,36-37H,2,5,10,23H2,1,3-4,6-9H3/b28-21+,31-24+. The second-order valence-corrected chi connectivity index (χ2v) is 10.3. The normalized spacial score (nSPS) is 11.7. The highest BCUT2D eigenvalue weighted by Crippen LogP contribution is 2.30. The van der Waals surface area contributed by atoms with Gasteiger partial charge in [-0.2, -0.15) is 0 Å². The van der Waals surface area contributed by atoms with Gasteiger partial charge in [-0.05, 0) is 92.4 Å². The topological polar surface area (TPSA) is 30.5 Å². The molecule has 0 spiro atoms. The van der Waals surface area contributed by atoms with Gasteiger partial charge >= 0.3 is 0 Å². The predicted octanol–water partition coefficient (Wildman–Crippen LogP) is 9.02. The van der Waals surface area contributed by atoms with E-state index in [1.807, 2.05) is 18.1 Å². The first-order chi connectivity index (χ1) is 18.6. The molecule has 4 heteroatoms. The van der Waals surface area contributed by atoms with Crippen LogP contribution in [0, 0.1) is 20.8 Å². The van der Waals surface area contributed by atoms with Gasteiger partial charge in [0.2, 0.25) is 0 Å². The molecule has 0 radical (unpaired) electrons. The highest BCUT2D eigenvalue weighted by Gasteiger charge is 2.12. The largest absolute Gasteiger partial charge is 0.370 e. The quantitative estimate of drug-likeness (QED) is 0.233. The Morgan fingerprint density at radius 2 is 1.67 bits per heavy atom. The van der Waals surface area contributed by atoms with Gasteiger partial charge in [0.05, 0.1) is 0 Å². The third-order valence-electron chi connectivity index (χ3n) is 6.89. The fourth-order valence-corrected chi connectivity index (χ4v) is 4.47. The molecule has 0 atom stereocenters. The summed E-state index contributed by atoms with van der Waals surface area (Å²) in [6, 6.07) is 21.7. The second kappa shape index (κ2) is 13.6. The maximum atomic E-state index is 4.10. The van der Waals surface area contributed by atoms with Crippen molar-refractivity contribution in [3.8, 4) is 0 Å². The van der Waals surface area contributed by atoms with Crippen LogP contribution in [0.25, 0.3) is 5.57 Å². The highest BCUT2D eigenvalue weighted by atomic mass is 15.1. The van der Waals surface area contributed by atoms with Gasteiger partial charge in [-0.15, -0.1) is 0 Å². The smallest absolute Gasteiger partial charge is 0.0432 e. The number of rotatable bonds is 12. The molecule has 0 saturated carbocycles. The average Bonchev–Trinajstić information content (AvgIpc) is 2.91. The van der Waals surface area contributed by atoms with Crippen LogP contribution in [-0.2, 0) is 6.54 Å². The number of nitrogens with zero attached hydrogens (tertiary/aromatic N) is 2. The van der Waals surface area contributed by atoms with E-state index in [-0.39, 0.29) is 0 Å². The fraction of sp³-hybridized carbons (Fsp3) is 0.257. The zero-order valence-electron chi connectivity index (χ0n) is 24.7. The summed E-state index contributed by atoms with van der Waals surface area (Å²) in [4.78, 5) is 4.31. The summed E-state index contributed by atoms with van der Waals surface area (Å²) in [6.07, 6.45) is 7.03. The van der Waals surface area contributed by atoms with Crippen molar-refractivity contribution >= 4 is 22.6 Å². The summed E-state index contributed by atoms with van der Waals surface area (Å²) in [5.74, 6) is 0. The third kappa shape index (κ3) is 8.15. The number of anilines is 3. The Balaban J connectivity index is 1.92. The van der Waals surface area contributed by atoms with Crippen molar-refractivity contribution < 1.29 is 0 Å². The Morgan fingerprint density at radius 1 is 0.949 bits per heavy atom. The molecule has 0 saturated heterocycles. The van der Waals surface area contributed by atoms with Gasteiger partial charge in [-0.25, -0.2) is 0 Å². The van der Waals surface area contributed by atoms with E-state index in [9.17, 15) is 0 Å². The molecule has 0 aliphatic carbocycles. The van der Waals surface area contributed by atoms with E-state index in [4.69, 9.17) is 0 Å². The van der Waals surface area contributed by atoms with Crippen molar-refractivity contribution in [3.63, 3.8) is 0 Å². The van der Waals surface area contributed by atoms with Gasteiger partial charge in [0.15, 0.2) is 0 Å². The highest BCUT2D eigenvalue weighted by molar-refractivity contribution is 5.80. The van der Waals surface area contributed by atoms with E-state index in [1.54, 1.807) is 0 Å². The lowest BCUT2D eigenvalue weighted by atomic mass is 9.98. The molecule has 3 rings (SSSR count). The van der Waals surface area contributed by atoms with E-state index in [2.05, 4.69) is 143 Å². The Labute approximate surface area is 236 Å². The molecule has 0 aliphatic rings. The zero-order chi connectivity index (χ0) is 28.5. The first-order valence-electron chi connectivity index (χ1n) is 13.5. The van der Waals surface area contributed by atoms with Crippen LogP contribution in [0.2, 0.25) is 0 Å². The van der Waals surface area contributed by atoms with Gasteiger partial charge in [-0.1, -0.05) is 68.1 Å². The lowest BCUT2D eigenvalue weighted by Gasteiger charge is -2.24. The van der Waals surface area contributed by atoms with Crippen molar-refractivity contribution in [2.45, 2.75) is 47.6 Å². The molecular formula is C35H44N4. The first kappa shape index (κ1) is 29.4. The molecule has 0 aliphatic heterocycles. The minimum absolute atomic E-state index is 0.848. The molecule has 4 nitrogen and oxygen atoms in total. The predicted molar refractivity (Wildman–Crippen MR) is 172 cm³/mol. The van der Waals surface area contributed by atoms with Gasteiger partial charge in [0.25, 0.3) is 0 Å². The summed E-state index contributed by atoms with van der Waals surface area (Å²) in [6.45, 7) is 19.5. The molecule has 2 N–H and O–H groups in total. The minimum Gasteiger partial charge on any atom is -0.370 e. The second-order valence-electron chi connectivity index (χ2n) is 10.3. The van der Waals surface area contributed by atoms with Crippen molar-refractivity contribution in [1.82, 2.24) is 4.90 Å². The number of nitrogens with one attached hydrogen (secondary N) is 2. The molecule has 3 aromatic rings. The summed E-state index contributed by atoms with van der Waals surface area (Å²) >= 11 is 0. The summed E-state index contributed by atoms with van der Waals surface area (Å²) in [7, 11) is 4.16. The van der Waals surface area contributed by atoms with Crippen LogP contribution in [-0.4, -0.2) is 19.0 Å². The Hall–Kier alpha value is -4.18. The van der Waals surface area contributed by atoms with E-state index in [0.29, 0.717) is 0 Å². The van der Waals surface area contributed by atoms with E-state index < -0.39 is 0 Å². The average molecular weight is 521 g/mol. The van der Waals surface area contributed by atoms with Crippen LogP contribution < -0.4 is 15.5 Å². The molecule has 0 aromatic heterocycles. The van der Waals surface area contributed by atoms with Crippen LogP contribution in [0.15, 0.2) is 104 Å². The minimum atomic E-state index is 0.848. The van der Waals surface area contributed by atoms with Gasteiger partial charge < -0.3 is 20.4 Å². The summed E-state index contributed by atoms with van der Waals surface area (Å²) in [5, 5.41) is 7.01. The van der Waals surface area contributed by atoms with Crippen molar-refractivity contribution in [3.05, 3.63) is 132 Å². The number of benzene rings is 3. The Kier molecular flexibility index (Phi) is 10.2. The van der Waals surface area contributed by atoms with Crippen LogP contribution in [0.5, 0.6) is 0 Å². The number of allylic oxidation sites excluding steroid dienone is 4. The number of aryl methyl sites for hydroxylation is 2. The molecule has 0 amide bonds. The van der Waals surface area contributed by atoms with Crippen LogP contribution in [0.4, 0.5) is 17.1 Å². The fourth-order valence-electron chi connectivity index (χ4n) is 4.47.